The van der Waals surface area contributed by atoms with Gasteiger partial charge >= 0.3 is 17.9 Å². The van der Waals surface area contributed by atoms with Crippen molar-refractivity contribution in [1.29, 1.82) is 0 Å². The van der Waals surface area contributed by atoms with Gasteiger partial charge in [0.05, 0.1) is 36.5 Å². The molecule has 0 heterocycles. The normalized spacial score (nSPS) is 13.3. The molecule has 0 aliphatic carbocycles. The molecule has 4 atom stereocenters. The molecule has 14 heteroatoms. The van der Waals surface area contributed by atoms with E-state index in [1.165, 1.54) is 19.2 Å². The summed E-state index contributed by atoms with van der Waals surface area (Å²) >= 11 is 0. The molecule has 4 unspecified atom stereocenters. The van der Waals surface area contributed by atoms with Crippen LogP contribution in [-0.4, -0.2) is 73.2 Å². The first-order chi connectivity index (χ1) is 39.2. The van der Waals surface area contributed by atoms with Crippen LogP contribution in [0.15, 0.2) is 247 Å². The standard InChI is InChI=1S/C66H62O14/c1-72-65(70)61(80-64(69)54-33-18-7-19-34-54)59(56(75-44-48-24-10-3-11-25-48)38-40-73-43-47-22-8-2-9-23-47)79-66(71)60(77-45-49-26-12-4-13-27-49)58(76-46-50-36-37-51-28-20-21-35-55(51)42-50)57(78-63(68)53-31-16-6-17-32-53)39-41-74-62(67)52-29-14-5-15-30-52/h2-37,42,56-57,65-66,70-71H,38-41,43-46H2,1H3/b60-58+,61-59-. The number of fused-ring (bicyclic) bond motifs is 1. The smallest absolute Gasteiger partial charge is 0.343 e. The van der Waals surface area contributed by atoms with Crippen molar-refractivity contribution in [2.24, 2.45) is 0 Å². The number of carbonyl (C=O) groups is 3. The Kier molecular flexibility index (Phi) is 21.7. The molecule has 8 aromatic carbocycles. The highest BCUT2D eigenvalue weighted by molar-refractivity contribution is 5.91. The minimum atomic E-state index is -2.24. The molecule has 410 valence electrons. The van der Waals surface area contributed by atoms with E-state index in [-0.39, 0.29) is 75.1 Å². The molecule has 0 amide bonds. The average Bonchev–Trinajstić information content (AvgIpc) is 3.53. The summed E-state index contributed by atoms with van der Waals surface area (Å²) < 4.78 is 56.5. The van der Waals surface area contributed by atoms with Gasteiger partial charge in [-0.3, -0.25) is 0 Å². The lowest BCUT2D eigenvalue weighted by atomic mass is 10.1. The van der Waals surface area contributed by atoms with E-state index in [9.17, 15) is 24.6 Å². The summed E-state index contributed by atoms with van der Waals surface area (Å²) in [5.41, 5.74) is 3.60. The lowest BCUT2D eigenvalue weighted by Crippen LogP contribution is -2.33. The van der Waals surface area contributed by atoms with E-state index in [1.54, 1.807) is 91.0 Å². The molecule has 80 heavy (non-hydrogen) atoms. The molecule has 0 radical (unpaired) electrons. The maximum atomic E-state index is 14.3. The number of hydrogen-bond donors (Lipinski definition) is 2. The molecule has 0 aliphatic heterocycles. The summed E-state index contributed by atoms with van der Waals surface area (Å²) in [6.07, 6.45) is -7.16. The summed E-state index contributed by atoms with van der Waals surface area (Å²) in [5.74, 6) is -3.91. The van der Waals surface area contributed by atoms with Crippen molar-refractivity contribution < 1.29 is 67.2 Å². The third-order valence-corrected chi connectivity index (χ3v) is 12.4. The molecule has 0 aliphatic rings. The van der Waals surface area contributed by atoms with Gasteiger partial charge in [0.2, 0.25) is 17.8 Å². The minimum Gasteiger partial charge on any atom is -0.486 e. The van der Waals surface area contributed by atoms with Gasteiger partial charge in [-0.05, 0) is 75.5 Å². The Bertz CT molecular complexity index is 3250. The van der Waals surface area contributed by atoms with E-state index in [2.05, 4.69) is 0 Å². The molecule has 8 rings (SSSR count). The summed E-state index contributed by atoms with van der Waals surface area (Å²) in [5, 5.41) is 26.7. The van der Waals surface area contributed by atoms with Gasteiger partial charge in [0, 0.05) is 26.6 Å². The number of carbonyl (C=O) groups excluding carboxylic acids is 3. The second kappa shape index (κ2) is 30.3. The first-order valence-corrected chi connectivity index (χ1v) is 26.1. The summed E-state index contributed by atoms with van der Waals surface area (Å²) in [7, 11) is 1.20. The fourth-order valence-electron chi connectivity index (χ4n) is 8.29. The SMILES string of the molecule is COC(O)/C(OC(=O)c1ccccc1)=C(/OC(O)/C(OCc1ccccc1)=C(\OCc1ccc2ccccc2c1)C(CCOC(=O)c1ccccc1)OC(=O)c1ccccc1)C(CCOCc1ccccc1)OCc1ccccc1. The van der Waals surface area contributed by atoms with E-state index < -0.39 is 54.2 Å². The third kappa shape index (κ3) is 17.1. The fourth-order valence-corrected chi connectivity index (χ4v) is 8.29. The first kappa shape index (κ1) is 57.3. The van der Waals surface area contributed by atoms with Crippen molar-refractivity contribution in [3.8, 4) is 0 Å². The second-order valence-corrected chi connectivity index (χ2v) is 18.2. The highest BCUT2D eigenvalue weighted by Crippen LogP contribution is 2.32. The van der Waals surface area contributed by atoms with Crippen LogP contribution in [0.25, 0.3) is 10.8 Å². The molecule has 8 aromatic rings. The Labute approximate surface area is 464 Å². The fraction of sp³-hybridized carbons (Fsp3) is 0.197. The van der Waals surface area contributed by atoms with Gasteiger partial charge in [-0.2, -0.15) is 0 Å². The number of aliphatic hydroxyl groups is 2. The van der Waals surface area contributed by atoms with Gasteiger partial charge < -0.3 is 52.8 Å². The van der Waals surface area contributed by atoms with Crippen LogP contribution in [0.4, 0.5) is 0 Å². The van der Waals surface area contributed by atoms with Crippen LogP contribution in [0.1, 0.15) is 66.2 Å². The first-order valence-electron chi connectivity index (χ1n) is 26.1. The second-order valence-electron chi connectivity index (χ2n) is 18.2. The maximum Gasteiger partial charge on any atom is 0.343 e. The molecular weight excluding hydrogens is 1020 g/mol. The number of ether oxygens (including phenoxy) is 9. The number of rotatable bonds is 29. The Morgan fingerprint density at radius 1 is 0.388 bits per heavy atom. The Hall–Kier alpha value is -8.89. The lowest BCUT2D eigenvalue weighted by molar-refractivity contribution is -0.126. The number of hydrogen-bond acceptors (Lipinski definition) is 14. The van der Waals surface area contributed by atoms with E-state index in [0.717, 1.165) is 21.9 Å². The summed E-state index contributed by atoms with van der Waals surface area (Å²) in [6, 6.07) is 66.2. The van der Waals surface area contributed by atoms with Gasteiger partial charge in [0.15, 0.2) is 17.6 Å². The molecule has 0 spiro atoms. The molecular formula is C66H62O14. The predicted octanol–water partition coefficient (Wildman–Crippen LogP) is 11.8. The van der Waals surface area contributed by atoms with Gasteiger partial charge in [-0.15, -0.1) is 0 Å². The van der Waals surface area contributed by atoms with Crippen LogP contribution in [0.2, 0.25) is 0 Å². The number of esters is 3. The van der Waals surface area contributed by atoms with Crippen molar-refractivity contribution in [3.05, 3.63) is 286 Å². The van der Waals surface area contributed by atoms with E-state index in [0.29, 0.717) is 16.7 Å². The van der Waals surface area contributed by atoms with Crippen molar-refractivity contribution in [1.82, 2.24) is 0 Å². The van der Waals surface area contributed by atoms with Gasteiger partial charge in [-0.25, -0.2) is 14.4 Å². The van der Waals surface area contributed by atoms with Gasteiger partial charge in [0.1, 0.15) is 19.3 Å². The molecule has 0 fully saturated rings. The van der Waals surface area contributed by atoms with E-state index >= 15 is 0 Å². The van der Waals surface area contributed by atoms with Crippen LogP contribution < -0.4 is 0 Å². The number of benzene rings is 8. The monoisotopic (exact) mass is 1080 g/mol. The Morgan fingerprint density at radius 3 is 1.45 bits per heavy atom. The zero-order valence-electron chi connectivity index (χ0n) is 44.1. The van der Waals surface area contributed by atoms with Gasteiger partial charge in [-0.1, -0.05) is 182 Å². The quantitative estimate of drug-likeness (QED) is 0.0149. The molecule has 0 saturated carbocycles. The van der Waals surface area contributed by atoms with Gasteiger partial charge in [0.25, 0.3) is 6.29 Å². The maximum absolute atomic E-state index is 14.3. The molecule has 0 bridgehead atoms. The highest BCUT2D eigenvalue weighted by Gasteiger charge is 2.36. The topological polar surface area (TPSA) is 175 Å². The highest BCUT2D eigenvalue weighted by atomic mass is 16.7. The molecule has 0 aromatic heterocycles. The van der Waals surface area contributed by atoms with Crippen LogP contribution in [-0.2, 0) is 69.1 Å². The zero-order valence-corrected chi connectivity index (χ0v) is 44.1. The van der Waals surface area contributed by atoms with Crippen molar-refractivity contribution in [2.75, 3.05) is 20.3 Å². The zero-order chi connectivity index (χ0) is 55.7. The van der Waals surface area contributed by atoms with Crippen molar-refractivity contribution in [2.45, 2.75) is 64.1 Å². The van der Waals surface area contributed by atoms with Crippen molar-refractivity contribution in [3.63, 3.8) is 0 Å². The molecule has 2 N–H and O–H groups in total. The van der Waals surface area contributed by atoms with E-state index in [4.69, 9.17) is 42.6 Å². The van der Waals surface area contributed by atoms with Crippen LogP contribution in [0, 0.1) is 0 Å². The Balaban J connectivity index is 1.28. The lowest BCUT2D eigenvalue weighted by Gasteiger charge is -2.30. The largest absolute Gasteiger partial charge is 0.486 e. The van der Waals surface area contributed by atoms with E-state index in [1.807, 2.05) is 121 Å². The van der Waals surface area contributed by atoms with Crippen molar-refractivity contribution >= 4 is 28.7 Å². The number of methoxy groups -OCH3 is 1. The summed E-state index contributed by atoms with van der Waals surface area (Å²) in [4.78, 5) is 41.8. The summed E-state index contributed by atoms with van der Waals surface area (Å²) in [6.45, 7) is -0.433. The predicted molar refractivity (Wildman–Crippen MR) is 299 cm³/mol. The average molecular weight is 1080 g/mol. The number of aliphatic hydroxyl groups excluding tert-OH is 2. The Morgan fingerprint density at radius 2 is 0.863 bits per heavy atom. The van der Waals surface area contributed by atoms with Crippen LogP contribution in [0.3, 0.4) is 0 Å². The van der Waals surface area contributed by atoms with Crippen LogP contribution >= 0.6 is 0 Å². The van der Waals surface area contributed by atoms with Crippen LogP contribution in [0.5, 0.6) is 0 Å². The molecule has 14 nitrogen and oxygen atoms in total. The molecule has 0 saturated heterocycles. The minimum absolute atomic E-state index is 0.00385. The third-order valence-electron chi connectivity index (χ3n) is 12.4.